The minimum absolute atomic E-state index is 0.261. The van der Waals surface area contributed by atoms with E-state index in [4.69, 9.17) is 4.74 Å². The molecular formula is C19H26N4O4. The number of hydrogen-bond donors (Lipinski definition) is 1. The van der Waals surface area contributed by atoms with Crippen LogP contribution in [0.15, 0.2) is 24.4 Å². The Bertz CT molecular complexity index is 688. The van der Waals surface area contributed by atoms with E-state index in [2.05, 4.69) is 10.3 Å². The fourth-order valence-corrected chi connectivity index (χ4v) is 3.73. The van der Waals surface area contributed by atoms with Gasteiger partial charge in [-0.3, -0.25) is 19.5 Å². The molecule has 0 unspecified atom stereocenters. The molecule has 1 saturated carbocycles. The maximum Gasteiger partial charge on any atom is 0.325 e. The van der Waals surface area contributed by atoms with Crippen molar-refractivity contribution in [1.82, 2.24) is 20.1 Å². The van der Waals surface area contributed by atoms with Crippen LogP contribution in [0.5, 0.6) is 0 Å². The third-order valence-corrected chi connectivity index (χ3v) is 5.24. The van der Waals surface area contributed by atoms with Gasteiger partial charge in [-0.25, -0.2) is 4.79 Å². The third kappa shape index (κ3) is 4.27. The lowest BCUT2D eigenvalue weighted by Gasteiger charge is -2.30. The van der Waals surface area contributed by atoms with Crippen molar-refractivity contribution in [3.05, 3.63) is 30.1 Å². The summed E-state index contributed by atoms with van der Waals surface area (Å²) < 4.78 is 5.09. The molecule has 1 N–H and O–H groups in total. The van der Waals surface area contributed by atoms with Crippen molar-refractivity contribution >= 4 is 17.8 Å². The smallest absolute Gasteiger partial charge is 0.325 e. The standard InChI is InChI=1S/C19H26N4O4/c1-27-12-11-22(13-15-7-3-6-10-20-15)16(24)14-23-17(25)19(21-18(23)26)8-4-2-5-9-19/h3,6-7,10H,2,4-5,8-9,11-14H2,1H3,(H,21,26). The highest BCUT2D eigenvalue weighted by Crippen LogP contribution is 2.33. The van der Waals surface area contributed by atoms with Gasteiger partial charge in [0.1, 0.15) is 12.1 Å². The van der Waals surface area contributed by atoms with E-state index in [1.165, 1.54) is 0 Å². The van der Waals surface area contributed by atoms with Gasteiger partial charge in [-0.2, -0.15) is 0 Å². The van der Waals surface area contributed by atoms with Crippen LogP contribution in [0.2, 0.25) is 0 Å². The summed E-state index contributed by atoms with van der Waals surface area (Å²) in [5.41, 5.74) is -0.0727. The Balaban J connectivity index is 1.68. The highest BCUT2D eigenvalue weighted by atomic mass is 16.5. The second-order valence-corrected chi connectivity index (χ2v) is 7.09. The van der Waals surface area contributed by atoms with Gasteiger partial charge in [0.2, 0.25) is 5.91 Å². The molecule has 3 rings (SSSR count). The van der Waals surface area contributed by atoms with E-state index in [9.17, 15) is 14.4 Å². The molecule has 146 valence electrons. The van der Waals surface area contributed by atoms with E-state index >= 15 is 0 Å². The minimum atomic E-state index is -0.812. The number of aromatic nitrogens is 1. The second kappa shape index (κ2) is 8.47. The Hall–Kier alpha value is -2.48. The van der Waals surface area contributed by atoms with Crippen LogP contribution in [-0.4, -0.2) is 65.0 Å². The van der Waals surface area contributed by atoms with Crippen molar-refractivity contribution in [3.8, 4) is 0 Å². The number of pyridine rings is 1. The van der Waals surface area contributed by atoms with Crippen LogP contribution in [-0.2, 0) is 20.9 Å². The number of nitrogens with zero attached hydrogens (tertiary/aromatic N) is 3. The Morgan fingerprint density at radius 3 is 2.74 bits per heavy atom. The van der Waals surface area contributed by atoms with Crippen molar-refractivity contribution in [1.29, 1.82) is 0 Å². The molecule has 1 spiro atoms. The maximum atomic E-state index is 12.9. The van der Waals surface area contributed by atoms with Gasteiger partial charge in [0.25, 0.3) is 5.91 Å². The van der Waals surface area contributed by atoms with Gasteiger partial charge in [-0.05, 0) is 25.0 Å². The lowest BCUT2D eigenvalue weighted by atomic mass is 9.82. The zero-order valence-corrected chi connectivity index (χ0v) is 15.6. The Labute approximate surface area is 158 Å². The third-order valence-electron chi connectivity index (χ3n) is 5.24. The lowest BCUT2D eigenvalue weighted by molar-refractivity contribution is -0.140. The number of nitrogens with one attached hydrogen (secondary N) is 1. The molecule has 27 heavy (non-hydrogen) atoms. The average Bonchev–Trinajstić information content (AvgIpc) is 2.90. The maximum absolute atomic E-state index is 12.9. The van der Waals surface area contributed by atoms with E-state index < -0.39 is 11.6 Å². The number of rotatable bonds is 7. The molecule has 0 radical (unpaired) electrons. The SMILES string of the molecule is COCCN(Cc1ccccn1)C(=O)CN1C(=O)NC2(CCCCC2)C1=O. The van der Waals surface area contributed by atoms with Crippen LogP contribution < -0.4 is 5.32 Å². The van der Waals surface area contributed by atoms with E-state index in [1.54, 1.807) is 18.2 Å². The number of carbonyl (C=O) groups excluding carboxylic acids is 3. The average molecular weight is 374 g/mol. The first-order valence-corrected chi connectivity index (χ1v) is 9.36. The molecule has 1 saturated heterocycles. The molecular weight excluding hydrogens is 348 g/mol. The Kier molecular flexibility index (Phi) is 6.05. The van der Waals surface area contributed by atoms with E-state index in [0.717, 1.165) is 29.9 Å². The molecule has 1 aromatic rings. The monoisotopic (exact) mass is 374 g/mol. The fraction of sp³-hybridized carbons (Fsp3) is 0.579. The van der Waals surface area contributed by atoms with Crippen LogP contribution in [0.1, 0.15) is 37.8 Å². The highest BCUT2D eigenvalue weighted by Gasteiger charge is 2.51. The van der Waals surface area contributed by atoms with E-state index in [0.29, 0.717) is 32.5 Å². The van der Waals surface area contributed by atoms with Gasteiger partial charge in [-0.15, -0.1) is 0 Å². The van der Waals surface area contributed by atoms with Gasteiger partial charge < -0.3 is 15.0 Å². The predicted molar refractivity (Wildman–Crippen MR) is 97.6 cm³/mol. The molecule has 2 heterocycles. The van der Waals surface area contributed by atoms with Gasteiger partial charge in [0, 0.05) is 19.9 Å². The molecule has 8 heteroatoms. The quantitative estimate of drug-likeness (QED) is 0.727. The number of amides is 4. The summed E-state index contributed by atoms with van der Waals surface area (Å²) in [6.07, 6.45) is 5.84. The highest BCUT2D eigenvalue weighted by molar-refractivity contribution is 6.09. The normalized spacial score (nSPS) is 18.6. The van der Waals surface area contributed by atoms with E-state index in [1.807, 2.05) is 18.2 Å². The van der Waals surface area contributed by atoms with Gasteiger partial charge in [0.05, 0.1) is 18.8 Å². The van der Waals surface area contributed by atoms with Gasteiger partial charge in [-0.1, -0.05) is 25.3 Å². The van der Waals surface area contributed by atoms with Crippen molar-refractivity contribution in [3.63, 3.8) is 0 Å². The summed E-state index contributed by atoms with van der Waals surface area (Å²) in [5.74, 6) is -0.570. The van der Waals surface area contributed by atoms with Crippen molar-refractivity contribution in [2.45, 2.75) is 44.2 Å². The number of hydrogen-bond acceptors (Lipinski definition) is 5. The van der Waals surface area contributed by atoms with Crippen molar-refractivity contribution in [2.75, 3.05) is 26.8 Å². The summed E-state index contributed by atoms with van der Waals surface area (Å²) >= 11 is 0. The molecule has 8 nitrogen and oxygen atoms in total. The summed E-state index contributed by atoms with van der Waals surface area (Å²) in [7, 11) is 1.56. The van der Waals surface area contributed by atoms with Crippen LogP contribution in [0, 0.1) is 0 Å². The molecule has 1 aliphatic carbocycles. The Morgan fingerprint density at radius 1 is 1.30 bits per heavy atom. The number of ether oxygens (including phenoxy) is 1. The molecule has 1 aliphatic heterocycles. The zero-order valence-electron chi connectivity index (χ0n) is 15.6. The molecule has 2 fully saturated rings. The molecule has 0 atom stereocenters. The largest absolute Gasteiger partial charge is 0.383 e. The van der Waals surface area contributed by atoms with Crippen molar-refractivity contribution < 1.29 is 19.1 Å². The van der Waals surface area contributed by atoms with Crippen LogP contribution in [0.25, 0.3) is 0 Å². The molecule has 1 aromatic heterocycles. The summed E-state index contributed by atoms with van der Waals surface area (Å²) in [6.45, 7) is 0.768. The minimum Gasteiger partial charge on any atom is -0.383 e. The molecule has 2 aliphatic rings. The van der Waals surface area contributed by atoms with Crippen LogP contribution >= 0.6 is 0 Å². The molecule has 0 aromatic carbocycles. The Morgan fingerprint density at radius 2 is 2.07 bits per heavy atom. The summed E-state index contributed by atoms with van der Waals surface area (Å²) in [5, 5.41) is 2.84. The van der Waals surface area contributed by atoms with Crippen LogP contribution in [0.4, 0.5) is 4.79 Å². The molecule has 0 bridgehead atoms. The topological polar surface area (TPSA) is 91.8 Å². The lowest BCUT2D eigenvalue weighted by Crippen LogP contribution is -2.49. The van der Waals surface area contributed by atoms with Crippen molar-refractivity contribution in [2.24, 2.45) is 0 Å². The number of urea groups is 1. The summed E-state index contributed by atoms with van der Waals surface area (Å²) in [6, 6.07) is 5.02. The van der Waals surface area contributed by atoms with Gasteiger partial charge >= 0.3 is 6.03 Å². The zero-order chi connectivity index (χ0) is 19.3. The van der Waals surface area contributed by atoms with Crippen LogP contribution in [0.3, 0.4) is 0 Å². The first-order chi connectivity index (χ1) is 13.1. The number of methoxy groups -OCH3 is 1. The first-order valence-electron chi connectivity index (χ1n) is 9.36. The second-order valence-electron chi connectivity index (χ2n) is 7.09. The fourth-order valence-electron chi connectivity index (χ4n) is 3.73. The first kappa shape index (κ1) is 19.3. The van der Waals surface area contributed by atoms with E-state index in [-0.39, 0.29) is 18.4 Å². The number of imide groups is 1. The predicted octanol–water partition coefficient (Wildman–Crippen LogP) is 1.31. The summed E-state index contributed by atoms with van der Waals surface area (Å²) in [4.78, 5) is 44.9. The van der Waals surface area contributed by atoms with Gasteiger partial charge in [0.15, 0.2) is 0 Å². The molecule has 4 amide bonds. The number of carbonyl (C=O) groups is 3.